The third-order valence-corrected chi connectivity index (χ3v) is 3.95. The van der Waals surface area contributed by atoms with Gasteiger partial charge in [-0.1, -0.05) is 26.0 Å². The SMILES string of the molecule is CNC1CC(Oc2cccc(C)c2F)C1(C)C. The highest BCUT2D eigenvalue weighted by Gasteiger charge is 2.49. The minimum atomic E-state index is -0.240. The second kappa shape index (κ2) is 4.30. The second-order valence-corrected chi connectivity index (χ2v) is 5.39. The molecule has 3 heteroatoms. The molecular formula is C14H20FNO. The molecule has 1 aliphatic carbocycles. The van der Waals surface area contributed by atoms with Crippen LogP contribution in [-0.2, 0) is 0 Å². The number of benzene rings is 1. The van der Waals surface area contributed by atoms with Crippen LogP contribution in [0.4, 0.5) is 4.39 Å². The lowest BCUT2D eigenvalue weighted by molar-refractivity contribution is -0.0538. The number of nitrogens with one attached hydrogen (secondary N) is 1. The van der Waals surface area contributed by atoms with E-state index in [4.69, 9.17) is 4.74 Å². The zero-order valence-electron chi connectivity index (χ0n) is 10.9. The molecule has 0 radical (unpaired) electrons. The summed E-state index contributed by atoms with van der Waals surface area (Å²) in [6, 6.07) is 5.73. The first kappa shape index (κ1) is 12.4. The van der Waals surface area contributed by atoms with Crippen molar-refractivity contribution in [2.75, 3.05) is 7.05 Å². The normalized spacial score (nSPS) is 26.4. The van der Waals surface area contributed by atoms with Gasteiger partial charge in [0.2, 0.25) is 0 Å². The van der Waals surface area contributed by atoms with Crippen molar-refractivity contribution >= 4 is 0 Å². The Hall–Kier alpha value is -1.09. The van der Waals surface area contributed by atoms with Gasteiger partial charge in [-0.2, -0.15) is 0 Å². The molecule has 0 spiro atoms. The largest absolute Gasteiger partial charge is 0.487 e. The van der Waals surface area contributed by atoms with Gasteiger partial charge >= 0.3 is 0 Å². The Balaban J connectivity index is 2.11. The van der Waals surface area contributed by atoms with Crippen molar-refractivity contribution in [3.8, 4) is 5.75 Å². The molecule has 1 N–H and O–H groups in total. The molecule has 1 saturated carbocycles. The van der Waals surface area contributed by atoms with Gasteiger partial charge < -0.3 is 10.1 Å². The standard InChI is InChI=1S/C14H20FNO/c1-9-6-5-7-10(13(9)15)17-12-8-11(16-4)14(12,2)3/h5-7,11-12,16H,8H2,1-4H3. The highest BCUT2D eigenvalue weighted by Crippen LogP contribution is 2.43. The summed E-state index contributed by atoms with van der Waals surface area (Å²) in [6.45, 7) is 6.05. The Bertz CT molecular complexity index is 417. The van der Waals surface area contributed by atoms with Crippen LogP contribution < -0.4 is 10.1 Å². The smallest absolute Gasteiger partial charge is 0.167 e. The van der Waals surface area contributed by atoms with E-state index < -0.39 is 0 Å². The number of hydrogen-bond donors (Lipinski definition) is 1. The molecule has 2 rings (SSSR count). The van der Waals surface area contributed by atoms with E-state index in [-0.39, 0.29) is 17.3 Å². The molecule has 0 heterocycles. The fourth-order valence-electron chi connectivity index (χ4n) is 2.44. The topological polar surface area (TPSA) is 21.3 Å². The molecule has 2 nitrogen and oxygen atoms in total. The lowest BCUT2D eigenvalue weighted by Crippen LogP contribution is -2.61. The fraction of sp³-hybridized carbons (Fsp3) is 0.571. The summed E-state index contributed by atoms with van der Waals surface area (Å²) in [5, 5.41) is 3.26. The van der Waals surface area contributed by atoms with Gasteiger partial charge in [0.05, 0.1) is 0 Å². The molecule has 0 aromatic heterocycles. The van der Waals surface area contributed by atoms with Crippen molar-refractivity contribution in [1.29, 1.82) is 0 Å². The van der Waals surface area contributed by atoms with Gasteiger partial charge in [0.1, 0.15) is 6.10 Å². The molecule has 1 aliphatic rings. The van der Waals surface area contributed by atoms with E-state index in [0.717, 1.165) is 6.42 Å². The summed E-state index contributed by atoms with van der Waals surface area (Å²) < 4.78 is 19.6. The van der Waals surface area contributed by atoms with E-state index >= 15 is 0 Å². The first-order valence-corrected chi connectivity index (χ1v) is 6.06. The number of hydrogen-bond acceptors (Lipinski definition) is 2. The Labute approximate surface area is 102 Å². The van der Waals surface area contributed by atoms with E-state index in [2.05, 4.69) is 19.2 Å². The lowest BCUT2D eigenvalue weighted by atomic mass is 9.64. The number of aryl methyl sites for hydroxylation is 1. The van der Waals surface area contributed by atoms with Gasteiger partial charge in [0, 0.05) is 17.9 Å². The zero-order chi connectivity index (χ0) is 12.6. The third-order valence-electron chi connectivity index (χ3n) is 3.95. The van der Waals surface area contributed by atoms with Crippen LogP contribution >= 0.6 is 0 Å². The molecule has 2 unspecified atom stereocenters. The number of rotatable bonds is 3. The van der Waals surface area contributed by atoms with E-state index in [1.165, 1.54) is 0 Å². The van der Waals surface area contributed by atoms with Crippen LogP contribution in [0.1, 0.15) is 25.8 Å². The van der Waals surface area contributed by atoms with Gasteiger partial charge in [0.15, 0.2) is 11.6 Å². The molecule has 0 aliphatic heterocycles. The lowest BCUT2D eigenvalue weighted by Gasteiger charge is -2.51. The van der Waals surface area contributed by atoms with Crippen molar-refractivity contribution in [2.24, 2.45) is 5.41 Å². The fourth-order valence-corrected chi connectivity index (χ4v) is 2.44. The van der Waals surface area contributed by atoms with Crippen LogP contribution in [0.3, 0.4) is 0 Å². The van der Waals surface area contributed by atoms with Crippen LogP contribution in [-0.4, -0.2) is 19.2 Å². The van der Waals surface area contributed by atoms with Crippen LogP contribution in [0, 0.1) is 18.2 Å². The molecule has 17 heavy (non-hydrogen) atoms. The van der Waals surface area contributed by atoms with E-state index in [0.29, 0.717) is 17.4 Å². The minimum absolute atomic E-state index is 0.0466. The van der Waals surface area contributed by atoms with Gasteiger partial charge in [-0.25, -0.2) is 4.39 Å². The van der Waals surface area contributed by atoms with Gasteiger partial charge in [0.25, 0.3) is 0 Å². The summed E-state index contributed by atoms with van der Waals surface area (Å²) in [5.74, 6) is 0.133. The van der Waals surface area contributed by atoms with Gasteiger partial charge in [-0.15, -0.1) is 0 Å². The number of ether oxygens (including phenoxy) is 1. The maximum absolute atomic E-state index is 13.8. The van der Waals surface area contributed by atoms with E-state index in [1.807, 2.05) is 13.1 Å². The molecule has 0 saturated heterocycles. The predicted molar refractivity (Wildman–Crippen MR) is 66.8 cm³/mol. The second-order valence-electron chi connectivity index (χ2n) is 5.39. The van der Waals surface area contributed by atoms with Gasteiger partial charge in [-0.3, -0.25) is 0 Å². The summed E-state index contributed by atoms with van der Waals surface area (Å²) in [4.78, 5) is 0. The third kappa shape index (κ3) is 2.04. The quantitative estimate of drug-likeness (QED) is 0.872. The highest BCUT2D eigenvalue weighted by atomic mass is 19.1. The zero-order valence-corrected chi connectivity index (χ0v) is 10.9. The monoisotopic (exact) mass is 237 g/mol. The maximum atomic E-state index is 13.8. The first-order chi connectivity index (χ1) is 7.96. The van der Waals surface area contributed by atoms with Crippen LogP contribution in [0.15, 0.2) is 18.2 Å². The molecule has 0 amide bonds. The van der Waals surface area contributed by atoms with Crippen molar-refractivity contribution in [1.82, 2.24) is 5.32 Å². The summed E-state index contributed by atoms with van der Waals surface area (Å²) in [7, 11) is 1.95. The van der Waals surface area contributed by atoms with Crippen LogP contribution in [0.5, 0.6) is 5.75 Å². The van der Waals surface area contributed by atoms with Crippen molar-refractivity contribution in [3.05, 3.63) is 29.6 Å². The van der Waals surface area contributed by atoms with E-state index in [1.54, 1.807) is 19.1 Å². The Morgan fingerprint density at radius 3 is 2.71 bits per heavy atom. The summed E-state index contributed by atoms with van der Waals surface area (Å²) in [5.41, 5.74) is 0.676. The van der Waals surface area contributed by atoms with Crippen LogP contribution in [0.2, 0.25) is 0 Å². The molecule has 0 bridgehead atoms. The molecule has 94 valence electrons. The van der Waals surface area contributed by atoms with Crippen LogP contribution in [0.25, 0.3) is 0 Å². The predicted octanol–water partition coefficient (Wildman–Crippen LogP) is 2.90. The first-order valence-electron chi connectivity index (χ1n) is 6.06. The highest BCUT2D eigenvalue weighted by molar-refractivity contribution is 5.30. The molecule has 1 aromatic carbocycles. The summed E-state index contributed by atoms with van der Waals surface area (Å²) >= 11 is 0. The Kier molecular flexibility index (Phi) is 3.13. The van der Waals surface area contributed by atoms with Crippen molar-refractivity contribution in [3.63, 3.8) is 0 Å². The molecular weight excluding hydrogens is 217 g/mol. The van der Waals surface area contributed by atoms with Gasteiger partial charge in [-0.05, 0) is 25.6 Å². The molecule has 1 fully saturated rings. The molecule has 1 aromatic rings. The van der Waals surface area contributed by atoms with Crippen molar-refractivity contribution in [2.45, 2.75) is 39.3 Å². The Morgan fingerprint density at radius 2 is 2.12 bits per heavy atom. The maximum Gasteiger partial charge on any atom is 0.167 e. The average molecular weight is 237 g/mol. The minimum Gasteiger partial charge on any atom is -0.487 e. The molecule has 2 atom stereocenters. The Morgan fingerprint density at radius 1 is 1.41 bits per heavy atom. The number of halogens is 1. The summed E-state index contributed by atoms with van der Waals surface area (Å²) in [6.07, 6.45) is 1.01. The average Bonchev–Trinajstić information content (AvgIpc) is 2.29. The van der Waals surface area contributed by atoms with Crippen molar-refractivity contribution < 1.29 is 9.13 Å². The van der Waals surface area contributed by atoms with E-state index in [9.17, 15) is 4.39 Å².